The molecule has 2 heterocycles. The van der Waals surface area contributed by atoms with Gasteiger partial charge in [-0.25, -0.2) is 17.5 Å². The lowest BCUT2D eigenvalue weighted by molar-refractivity contribution is -0.151. The molecule has 37 heavy (non-hydrogen) atoms. The number of piperidine rings is 1. The van der Waals surface area contributed by atoms with Gasteiger partial charge < -0.3 is 4.74 Å². The molecule has 1 atom stereocenters. The molecular formula is C28H30FN3O4S. The van der Waals surface area contributed by atoms with Gasteiger partial charge in [0.25, 0.3) is 0 Å². The quantitative estimate of drug-likeness (QED) is 0.471. The second kappa shape index (κ2) is 8.92. The lowest BCUT2D eigenvalue weighted by atomic mass is 9.69. The third kappa shape index (κ3) is 4.30. The molecule has 3 aromatic rings. The Morgan fingerprint density at radius 3 is 2.38 bits per heavy atom. The largest absolute Gasteiger partial charge is 0.468 e. The summed E-state index contributed by atoms with van der Waals surface area (Å²) < 4.78 is 49.1. The summed E-state index contributed by atoms with van der Waals surface area (Å²) in [7, 11) is -2.51. The van der Waals surface area contributed by atoms with E-state index in [9.17, 15) is 17.6 Å². The number of fused-ring (bicyclic) bond motifs is 2. The second-order valence-electron chi connectivity index (χ2n) is 10.7. The standard InChI is InChI=1S/C28H30FN3O4S/c1-27(2,3)20-5-11-24(12-6-20)37(34,35)31-14-13-21-15-25-19(16-28(21,18-31)26(33)36-4)17-30-32(25)23-9-7-22(29)8-10-23/h5-12,15,17H,13-14,16,18H2,1-4H3/t28-/m0/s1. The highest BCUT2D eigenvalue weighted by atomic mass is 32.2. The third-order valence-corrected chi connectivity index (χ3v) is 9.25. The first-order valence-corrected chi connectivity index (χ1v) is 13.6. The Morgan fingerprint density at radius 2 is 1.76 bits per heavy atom. The molecule has 0 amide bonds. The minimum atomic E-state index is -3.83. The van der Waals surface area contributed by atoms with E-state index in [1.165, 1.54) is 23.5 Å². The lowest BCUT2D eigenvalue weighted by Gasteiger charge is -2.43. The predicted octanol–water partition coefficient (Wildman–Crippen LogP) is 4.50. The number of halogens is 1. The van der Waals surface area contributed by atoms with E-state index < -0.39 is 21.4 Å². The van der Waals surface area contributed by atoms with Crippen molar-refractivity contribution in [2.24, 2.45) is 5.41 Å². The normalized spacial score (nSPS) is 20.1. The van der Waals surface area contributed by atoms with E-state index >= 15 is 0 Å². The molecule has 0 saturated carbocycles. The Kier molecular flexibility index (Phi) is 6.11. The van der Waals surface area contributed by atoms with Crippen molar-refractivity contribution in [2.45, 2.75) is 43.9 Å². The Balaban J connectivity index is 1.50. The molecule has 0 spiro atoms. The van der Waals surface area contributed by atoms with Crippen LogP contribution in [0.3, 0.4) is 0 Å². The van der Waals surface area contributed by atoms with Gasteiger partial charge in [-0.15, -0.1) is 0 Å². The maximum atomic E-state index is 13.6. The number of ether oxygens (including phenoxy) is 1. The number of hydrogen-bond acceptors (Lipinski definition) is 5. The van der Waals surface area contributed by atoms with E-state index in [2.05, 4.69) is 25.9 Å². The van der Waals surface area contributed by atoms with Crippen LogP contribution in [0.1, 0.15) is 44.0 Å². The summed E-state index contributed by atoms with van der Waals surface area (Å²) in [6.45, 7) is 6.45. The van der Waals surface area contributed by atoms with Crippen molar-refractivity contribution in [3.8, 4) is 5.69 Å². The summed E-state index contributed by atoms with van der Waals surface area (Å²) >= 11 is 0. The molecule has 5 rings (SSSR count). The van der Waals surface area contributed by atoms with Crippen LogP contribution >= 0.6 is 0 Å². The van der Waals surface area contributed by atoms with Crippen molar-refractivity contribution in [2.75, 3.05) is 20.2 Å². The highest BCUT2D eigenvalue weighted by Gasteiger charge is 2.51. The van der Waals surface area contributed by atoms with E-state index in [0.29, 0.717) is 12.1 Å². The zero-order valence-corrected chi connectivity index (χ0v) is 22.2. The SMILES string of the molecule is COC(=O)[C@]12Cc3cnn(-c4ccc(F)cc4)c3C=C1CCN(S(=O)(=O)c1ccc(C(C)(C)C)cc1)C2. The van der Waals surface area contributed by atoms with Crippen LogP contribution in [0.5, 0.6) is 0 Å². The minimum Gasteiger partial charge on any atom is -0.468 e. The molecule has 0 radical (unpaired) electrons. The van der Waals surface area contributed by atoms with Crippen molar-refractivity contribution >= 4 is 22.1 Å². The molecule has 1 saturated heterocycles. The molecule has 1 aliphatic carbocycles. The van der Waals surface area contributed by atoms with E-state index in [1.807, 2.05) is 18.2 Å². The summed E-state index contributed by atoms with van der Waals surface area (Å²) in [6, 6.07) is 13.0. The number of rotatable bonds is 4. The minimum absolute atomic E-state index is 0.0178. The van der Waals surface area contributed by atoms with Crippen LogP contribution in [-0.4, -0.2) is 48.7 Å². The highest BCUT2D eigenvalue weighted by Crippen LogP contribution is 2.46. The Bertz CT molecular complexity index is 1490. The molecule has 7 nitrogen and oxygen atoms in total. The van der Waals surface area contributed by atoms with E-state index in [4.69, 9.17) is 4.74 Å². The van der Waals surface area contributed by atoms with E-state index in [-0.39, 0.29) is 35.6 Å². The molecular weight excluding hydrogens is 493 g/mol. The number of hydrogen-bond donors (Lipinski definition) is 0. The average molecular weight is 524 g/mol. The first kappa shape index (κ1) is 25.4. The molecule has 1 fully saturated rings. The second-order valence-corrected chi connectivity index (χ2v) is 12.7. The summed E-state index contributed by atoms with van der Waals surface area (Å²) in [5.74, 6) is -0.809. The van der Waals surface area contributed by atoms with Gasteiger partial charge in [-0.2, -0.15) is 9.40 Å². The fourth-order valence-corrected chi connectivity index (χ4v) is 6.75. The fourth-order valence-electron chi connectivity index (χ4n) is 5.25. The van der Waals surface area contributed by atoms with E-state index in [1.54, 1.807) is 35.1 Å². The first-order chi connectivity index (χ1) is 17.5. The van der Waals surface area contributed by atoms with Gasteiger partial charge in [0.15, 0.2) is 0 Å². The monoisotopic (exact) mass is 523 g/mol. The molecule has 194 valence electrons. The zero-order chi connectivity index (χ0) is 26.6. The molecule has 0 unspecified atom stereocenters. The van der Waals surface area contributed by atoms with Gasteiger partial charge in [-0.1, -0.05) is 32.9 Å². The van der Waals surface area contributed by atoms with Crippen LogP contribution in [0.4, 0.5) is 4.39 Å². The molecule has 2 aliphatic rings. The smallest absolute Gasteiger partial charge is 0.317 e. The topological polar surface area (TPSA) is 81.5 Å². The third-order valence-electron chi connectivity index (χ3n) is 7.39. The van der Waals surface area contributed by atoms with Crippen LogP contribution in [-0.2, 0) is 31.4 Å². The lowest BCUT2D eigenvalue weighted by Crippen LogP contribution is -2.53. The summed E-state index contributed by atoms with van der Waals surface area (Å²) in [6.07, 6.45) is 4.23. The number of benzene rings is 2. The summed E-state index contributed by atoms with van der Waals surface area (Å²) in [5, 5.41) is 4.48. The molecule has 9 heteroatoms. The number of methoxy groups -OCH3 is 1. The van der Waals surface area contributed by atoms with Crippen molar-refractivity contribution in [3.05, 3.63) is 82.9 Å². The molecule has 0 N–H and O–H groups in total. The molecule has 0 bridgehead atoms. The summed E-state index contributed by atoms with van der Waals surface area (Å²) in [5.41, 5.74) is 2.91. The van der Waals surface area contributed by atoms with Crippen molar-refractivity contribution in [1.82, 2.24) is 14.1 Å². The van der Waals surface area contributed by atoms with Gasteiger partial charge in [0.05, 0.1) is 29.6 Å². The van der Waals surface area contributed by atoms with Gasteiger partial charge in [0.1, 0.15) is 11.2 Å². The van der Waals surface area contributed by atoms with Crippen LogP contribution in [0.15, 0.2) is 65.2 Å². The number of carbonyl (C=O) groups excluding carboxylic acids is 1. The highest BCUT2D eigenvalue weighted by molar-refractivity contribution is 7.89. The first-order valence-electron chi connectivity index (χ1n) is 12.2. The average Bonchev–Trinajstić information content (AvgIpc) is 3.28. The Labute approximate surface area is 216 Å². The number of aromatic nitrogens is 2. The predicted molar refractivity (Wildman–Crippen MR) is 138 cm³/mol. The molecule has 2 aromatic carbocycles. The Hall–Kier alpha value is -3.30. The fraction of sp³-hybridized carbons (Fsp3) is 0.357. The van der Waals surface area contributed by atoms with Crippen LogP contribution in [0.2, 0.25) is 0 Å². The Morgan fingerprint density at radius 1 is 1.08 bits per heavy atom. The van der Waals surface area contributed by atoms with Crippen LogP contribution < -0.4 is 0 Å². The summed E-state index contributed by atoms with van der Waals surface area (Å²) in [4.78, 5) is 13.5. The van der Waals surface area contributed by atoms with E-state index in [0.717, 1.165) is 22.4 Å². The van der Waals surface area contributed by atoms with Crippen LogP contribution in [0, 0.1) is 11.2 Å². The number of nitrogens with zero attached hydrogens (tertiary/aromatic N) is 3. The molecule has 1 aromatic heterocycles. The van der Waals surface area contributed by atoms with Crippen molar-refractivity contribution in [3.63, 3.8) is 0 Å². The van der Waals surface area contributed by atoms with Gasteiger partial charge >= 0.3 is 5.97 Å². The molecule has 1 aliphatic heterocycles. The number of sulfonamides is 1. The van der Waals surface area contributed by atoms with Gasteiger partial charge in [-0.3, -0.25) is 4.79 Å². The van der Waals surface area contributed by atoms with Crippen molar-refractivity contribution < 1.29 is 22.3 Å². The van der Waals surface area contributed by atoms with Gasteiger partial charge in [0, 0.05) is 13.1 Å². The maximum absolute atomic E-state index is 13.6. The number of esters is 1. The zero-order valence-electron chi connectivity index (χ0n) is 21.4. The van der Waals surface area contributed by atoms with Gasteiger partial charge in [-0.05, 0) is 77.4 Å². The van der Waals surface area contributed by atoms with Crippen molar-refractivity contribution in [1.29, 1.82) is 0 Å². The number of carbonyl (C=O) groups is 1. The van der Waals surface area contributed by atoms with Crippen LogP contribution in [0.25, 0.3) is 11.8 Å². The maximum Gasteiger partial charge on any atom is 0.317 e. The van der Waals surface area contributed by atoms with Gasteiger partial charge in [0.2, 0.25) is 10.0 Å².